The van der Waals surface area contributed by atoms with E-state index in [-0.39, 0.29) is 0 Å². The maximum absolute atomic E-state index is 5.04. The number of thiazole rings is 1. The lowest BCUT2D eigenvalue weighted by molar-refractivity contribution is 0.411. The fraction of sp³-hybridized carbons (Fsp3) is 0.625. The number of methoxy groups -OCH3 is 1. The third-order valence-electron chi connectivity index (χ3n) is 1.58. The van der Waals surface area contributed by atoms with Crippen molar-refractivity contribution in [2.75, 3.05) is 13.7 Å². The van der Waals surface area contributed by atoms with Crippen LogP contribution in [0.2, 0.25) is 0 Å². The molecule has 0 radical (unpaired) electrons. The van der Waals surface area contributed by atoms with Crippen molar-refractivity contribution in [1.82, 2.24) is 10.3 Å². The van der Waals surface area contributed by atoms with Crippen LogP contribution in [-0.2, 0) is 6.54 Å². The lowest BCUT2D eigenvalue weighted by Crippen LogP contribution is -2.11. The fourth-order valence-electron chi connectivity index (χ4n) is 0.891. The summed E-state index contributed by atoms with van der Waals surface area (Å²) in [5.74, 6) is 0. The quantitative estimate of drug-likeness (QED) is 0.775. The third-order valence-corrected chi connectivity index (χ3v) is 2.70. The molecule has 12 heavy (non-hydrogen) atoms. The molecule has 0 amide bonds. The highest BCUT2D eigenvalue weighted by Gasteiger charge is 2.05. The van der Waals surface area contributed by atoms with Crippen LogP contribution in [0.1, 0.15) is 17.5 Å². The topological polar surface area (TPSA) is 34.1 Å². The Labute approximate surface area is 76.8 Å². The molecule has 0 fully saturated rings. The smallest absolute Gasteiger partial charge is 0.273 e. The van der Waals surface area contributed by atoms with E-state index in [0.717, 1.165) is 24.0 Å². The Kier molecular flexibility index (Phi) is 3.49. The summed E-state index contributed by atoms with van der Waals surface area (Å²) in [5.41, 5.74) is 1.07. The van der Waals surface area contributed by atoms with Crippen molar-refractivity contribution in [2.45, 2.75) is 20.4 Å². The summed E-state index contributed by atoms with van der Waals surface area (Å²) < 4.78 is 5.04. The van der Waals surface area contributed by atoms with Crippen molar-refractivity contribution in [1.29, 1.82) is 0 Å². The molecule has 0 spiro atoms. The van der Waals surface area contributed by atoms with Crippen LogP contribution >= 0.6 is 11.3 Å². The van der Waals surface area contributed by atoms with E-state index in [4.69, 9.17) is 4.74 Å². The maximum Gasteiger partial charge on any atom is 0.273 e. The second-order valence-corrected chi connectivity index (χ2v) is 3.52. The molecule has 1 aromatic rings. The number of aromatic nitrogens is 1. The van der Waals surface area contributed by atoms with E-state index < -0.39 is 0 Å². The molecule has 0 aliphatic carbocycles. The van der Waals surface area contributed by atoms with E-state index in [1.165, 1.54) is 4.88 Å². The molecule has 1 aromatic heterocycles. The molecule has 0 unspecified atom stereocenters. The van der Waals surface area contributed by atoms with Gasteiger partial charge in [0.25, 0.3) is 5.19 Å². The Hall–Kier alpha value is -0.610. The number of rotatable bonds is 4. The predicted octanol–water partition coefficient (Wildman–Crippen LogP) is 1.57. The Morgan fingerprint density at radius 1 is 1.58 bits per heavy atom. The van der Waals surface area contributed by atoms with Crippen molar-refractivity contribution in [3.05, 3.63) is 10.6 Å². The minimum Gasteiger partial charge on any atom is -0.473 e. The maximum atomic E-state index is 5.04. The monoisotopic (exact) mass is 186 g/mol. The zero-order valence-electron chi connectivity index (χ0n) is 7.68. The molecule has 0 aliphatic rings. The van der Waals surface area contributed by atoms with E-state index in [1.54, 1.807) is 18.4 Å². The van der Waals surface area contributed by atoms with Crippen LogP contribution in [0, 0.1) is 6.92 Å². The third kappa shape index (κ3) is 2.19. The van der Waals surface area contributed by atoms with E-state index >= 15 is 0 Å². The standard InChI is InChI=1S/C8H14N2OS/c1-4-9-5-7-6(2)10-8(11-3)12-7/h9H,4-5H2,1-3H3. The molecule has 1 rings (SSSR count). The van der Waals surface area contributed by atoms with Crippen LogP contribution in [0.25, 0.3) is 0 Å². The summed E-state index contributed by atoms with van der Waals surface area (Å²) in [5, 5.41) is 4.01. The molecular formula is C8H14N2OS. The first-order valence-corrected chi connectivity index (χ1v) is 4.80. The Bertz CT molecular complexity index is 247. The van der Waals surface area contributed by atoms with Gasteiger partial charge in [-0.3, -0.25) is 0 Å². The summed E-state index contributed by atoms with van der Waals surface area (Å²) in [4.78, 5) is 5.50. The van der Waals surface area contributed by atoms with Gasteiger partial charge in [-0.1, -0.05) is 18.3 Å². The highest BCUT2D eigenvalue weighted by atomic mass is 32.1. The first-order chi connectivity index (χ1) is 5.77. The van der Waals surface area contributed by atoms with Crippen molar-refractivity contribution in [3.63, 3.8) is 0 Å². The summed E-state index contributed by atoms with van der Waals surface area (Å²) in [6.45, 7) is 5.97. The minimum absolute atomic E-state index is 0.750. The largest absolute Gasteiger partial charge is 0.473 e. The lowest BCUT2D eigenvalue weighted by Gasteiger charge is -1.96. The van der Waals surface area contributed by atoms with Crippen LogP contribution < -0.4 is 10.1 Å². The van der Waals surface area contributed by atoms with Gasteiger partial charge in [-0.15, -0.1) is 0 Å². The number of hydrogen-bond donors (Lipinski definition) is 1. The van der Waals surface area contributed by atoms with Gasteiger partial charge in [0.1, 0.15) is 0 Å². The highest BCUT2D eigenvalue weighted by molar-refractivity contribution is 7.13. The van der Waals surface area contributed by atoms with E-state index in [2.05, 4.69) is 17.2 Å². The van der Waals surface area contributed by atoms with Gasteiger partial charge in [-0.05, 0) is 13.5 Å². The highest BCUT2D eigenvalue weighted by Crippen LogP contribution is 2.23. The second kappa shape index (κ2) is 4.42. The summed E-state index contributed by atoms with van der Waals surface area (Å²) in [7, 11) is 1.65. The van der Waals surface area contributed by atoms with Gasteiger partial charge in [-0.25, -0.2) is 4.98 Å². The van der Waals surface area contributed by atoms with Gasteiger partial charge in [0.05, 0.1) is 12.8 Å². The summed E-state index contributed by atoms with van der Waals surface area (Å²) in [6, 6.07) is 0. The van der Waals surface area contributed by atoms with Gasteiger partial charge < -0.3 is 10.1 Å². The Morgan fingerprint density at radius 3 is 2.83 bits per heavy atom. The van der Waals surface area contributed by atoms with Crippen LogP contribution in [0.15, 0.2) is 0 Å². The molecule has 68 valence electrons. The van der Waals surface area contributed by atoms with Crippen LogP contribution in [0.4, 0.5) is 0 Å². The first-order valence-electron chi connectivity index (χ1n) is 3.99. The van der Waals surface area contributed by atoms with E-state index in [9.17, 15) is 0 Å². The van der Waals surface area contributed by atoms with Crippen molar-refractivity contribution >= 4 is 11.3 Å². The normalized spacial score (nSPS) is 10.2. The van der Waals surface area contributed by atoms with Crippen molar-refractivity contribution in [2.24, 2.45) is 0 Å². The number of hydrogen-bond acceptors (Lipinski definition) is 4. The van der Waals surface area contributed by atoms with E-state index in [1.807, 2.05) is 6.92 Å². The first kappa shape index (κ1) is 9.48. The molecule has 0 saturated carbocycles. The lowest BCUT2D eigenvalue weighted by atomic mass is 10.4. The number of ether oxygens (including phenoxy) is 1. The average molecular weight is 186 g/mol. The zero-order valence-corrected chi connectivity index (χ0v) is 8.49. The molecule has 0 saturated heterocycles. The van der Waals surface area contributed by atoms with Crippen LogP contribution in [0.3, 0.4) is 0 Å². The molecular weight excluding hydrogens is 172 g/mol. The van der Waals surface area contributed by atoms with Gasteiger partial charge in [-0.2, -0.15) is 0 Å². The van der Waals surface area contributed by atoms with Gasteiger partial charge in [0, 0.05) is 11.4 Å². The molecule has 0 aliphatic heterocycles. The molecule has 4 heteroatoms. The van der Waals surface area contributed by atoms with Gasteiger partial charge >= 0.3 is 0 Å². The van der Waals surface area contributed by atoms with Gasteiger partial charge in [0.2, 0.25) is 0 Å². The van der Waals surface area contributed by atoms with Crippen LogP contribution in [0.5, 0.6) is 5.19 Å². The molecule has 0 bridgehead atoms. The number of nitrogens with one attached hydrogen (secondary N) is 1. The second-order valence-electron chi connectivity index (χ2n) is 2.47. The minimum atomic E-state index is 0.750. The summed E-state index contributed by atoms with van der Waals surface area (Å²) in [6.07, 6.45) is 0. The van der Waals surface area contributed by atoms with Crippen molar-refractivity contribution in [3.8, 4) is 5.19 Å². The summed E-state index contributed by atoms with van der Waals surface area (Å²) >= 11 is 1.60. The molecule has 1 N–H and O–H groups in total. The van der Waals surface area contributed by atoms with Crippen LogP contribution in [-0.4, -0.2) is 18.6 Å². The Balaban J connectivity index is 2.64. The number of nitrogens with zero attached hydrogens (tertiary/aromatic N) is 1. The predicted molar refractivity (Wildman–Crippen MR) is 50.8 cm³/mol. The van der Waals surface area contributed by atoms with E-state index in [0.29, 0.717) is 0 Å². The molecule has 0 atom stereocenters. The average Bonchev–Trinajstić information content (AvgIpc) is 2.43. The molecule has 0 aromatic carbocycles. The SMILES string of the molecule is CCNCc1sc(OC)nc1C. The molecule has 3 nitrogen and oxygen atoms in total. The molecule has 1 heterocycles. The Morgan fingerprint density at radius 2 is 2.33 bits per heavy atom. The van der Waals surface area contributed by atoms with Gasteiger partial charge in [0.15, 0.2) is 0 Å². The number of aryl methyl sites for hydroxylation is 1. The van der Waals surface area contributed by atoms with Crippen molar-refractivity contribution < 1.29 is 4.74 Å². The fourth-order valence-corrected chi connectivity index (χ4v) is 1.74. The zero-order chi connectivity index (χ0) is 8.97.